The van der Waals surface area contributed by atoms with Crippen LogP contribution < -0.4 is 5.32 Å². The van der Waals surface area contributed by atoms with Crippen LogP contribution in [-0.2, 0) is 15.0 Å². The smallest absolute Gasteiger partial charge is 0.311 e. The van der Waals surface area contributed by atoms with Crippen molar-refractivity contribution in [2.75, 3.05) is 19.6 Å². The average Bonchev–Trinajstić information content (AvgIpc) is 3.53. The molecule has 2 aliphatic heterocycles. The van der Waals surface area contributed by atoms with Gasteiger partial charge in [-0.1, -0.05) is 72.8 Å². The molecule has 44 heavy (non-hydrogen) atoms. The molecule has 0 amide bonds. The normalized spacial score (nSPS) is 28.9. The zero-order valence-corrected chi connectivity index (χ0v) is 25.4. The van der Waals surface area contributed by atoms with Gasteiger partial charge in [-0.05, 0) is 92.7 Å². The largest absolute Gasteiger partial charge is 0.481 e. The van der Waals surface area contributed by atoms with Gasteiger partial charge < -0.3 is 20.4 Å². The Bertz CT molecular complexity index is 1590. The molecule has 9 nitrogen and oxygen atoms in total. The number of nitrogens with zero attached hydrogens (tertiary/aromatic N) is 3. The number of likely N-dealkylation sites (tertiary alicyclic amines) is 1. The van der Waals surface area contributed by atoms with Crippen molar-refractivity contribution in [3.8, 4) is 0 Å². The highest BCUT2D eigenvalue weighted by Gasteiger charge is 2.65. The van der Waals surface area contributed by atoms with Gasteiger partial charge in [0.25, 0.3) is 0 Å². The summed E-state index contributed by atoms with van der Waals surface area (Å²) in [6.07, 6.45) is 2.06. The maximum Gasteiger partial charge on any atom is 0.311 e. The number of aromatic nitrogens is 2. The highest BCUT2D eigenvalue weighted by Crippen LogP contribution is 2.58. The highest BCUT2D eigenvalue weighted by atomic mass is 16.6. The molecule has 2 saturated heterocycles. The van der Waals surface area contributed by atoms with Crippen LogP contribution in [0.4, 0.5) is 0 Å². The Morgan fingerprint density at radius 1 is 0.864 bits per heavy atom. The predicted octanol–water partition coefficient (Wildman–Crippen LogP) is 5.32. The number of hydrogen-bond donors (Lipinski definition) is 3. The quantitative estimate of drug-likeness (QED) is 0.247. The number of hydrogen-bond acceptors (Lipinski definition) is 7. The van der Waals surface area contributed by atoms with Crippen molar-refractivity contribution in [1.29, 1.82) is 0 Å². The molecule has 5 unspecified atom stereocenters. The molecule has 2 fully saturated rings. The number of nitrogens with one attached hydrogen (secondary N) is 1. The number of fused-ring (bicyclic) bond motifs is 1. The summed E-state index contributed by atoms with van der Waals surface area (Å²) in [5.74, 6) is -2.97. The fraction of sp³-hybridized carbons (Fsp3) is 0.429. The fourth-order valence-corrected chi connectivity index (χ4v) is 8.24. The highest BCUT2D eigenvalue weighted by molar-refractivity contribution is 5.87. The summed E-state index contributed by atoms with van der Waals surface area (Å²) in [6, 6.07) is 25.5. The van der Waals surface area contributed by atoms with Crippen LogP contribution in [0.5, 0.6) is 0 Å². The number of piperidine rings is 2. The molecule has 0 spiro atoms. The summed E-state index contributed by atoms with van der Waals surface area (Å²) in [7, 11) is 0. The predicted molar refractivity (Wildman–Crippen MR) is 166 cm³/mol. The standard InChI is InChI=1S/C35H40N4O5/c1-23-33(3,31(40)41)30(27-15-10-16-28-29(27)38-44-37-28)35(32(42)43,24(2)36-23)19-22-39-20-17-34(18-21-39,25-11-6-4-7-12-25)26-13-8-5-9-14-26/h4-16,23-24,30,36H,17-22H2,1-3H3,(H,40,41)(H,42,43). The Labute approximate surface area is 257 Å². The molecule has 2 aliphatic rings. The lowest BCUT2D eigenvalue weighted by atomic mass is 9.51. The third kappa shape index (κ3) is 4.61. The van der Waals surface area contributed by atoms with Crippen molar-refractivity contribution >= 4 is 23.0 Å². The molecular weight excluding hydrogens is 556 g/mol. The first-order chi connectivity index (χ1) is 21.1. The number of benzene rings is 3. The van der Waals surface area contributed by atoms with E-state index < -0.39 is 40.8 Å². The summed E-state index contributed by atoms with van der Waals surface area (Å²) in [5.41, 5.74) is 0.987. The number of carboxylic acids is 2. The number of carboxylic acid groups (broad SMARTS) is 2. The van der Waals surface area contributed by atoms with Gasteiger partial charge in [0.05, 0.1) is 10.8 Å². The molecule has 5 atom stereocenters. The van der Waals surface area contributed by atoms with E-state index in [2.05, 4.69) is 69.1 Å². The van der Waals surface area contributed by atoms with E-state index in [0.29, 0.717) is 23.1 Å². The molecule has 9 heteroatoms. The van der Waals surface area contributed by atoms with Gasteiger partial charge in [-0.3, -0.25) is 9.59 Å². The molecule has 0 bridgehead atoms. The molecule has 3 aromatic carbocycles. The SMILES string of the molecule is CC1NC(C)C(CCN2CCC(c3ccccc3)(c3ccccc3)CC2)(C(=O)O)C(c2cccc3nonc23)C1(C)C(=O)O. The summed E-state index contributed by atoms with van der Waals surface area (Å²) >= 11 is 0. The summed E-state index contributed by atoms with van der Waals surface area (Å²) < 4.78 is 5.04. The molecule has 0 aliphatic carbocycles. The first-order valence-electron chi connectivity index (χ1n) is 15.4. The van der Waals surface area contributed by atoms with Crippen LogP contribution in [0.25, 0.3) is 11.0 Å². The zero-order chi connectivity index (χ0) is 31.1. The maximum absolute atomic E-state index is 13.6. The molecular formula is C35H40N4O5. The fourth-order valence-electron chi connectivity index (χ4n) is 8.24. The zero-order valence-electron chi connectivity index (χ0n) is 25.4. The van der Waals surface area contributed by atoms with Crippen LogP contribution >= 0.6 is 0 Å². The molecule has 1 aromatic heterocycles. The van der Waals surface area contributed by atoms with Gasteiger partial charge in [-0.25, -0.2) is 4.63 Å². The molecule has 0 saturated carbocycles. The summed E-state index contributed by atoms with van der Waals surface area (Å²) in [6.45, 7) is 7.45. The summed E-state index contributed by atoms with van der Waals surface area (Å²) in [5, 5.41) is 33.3. The van der Waals surface area contributed by atoms with Crippen LogP contribution in [0.3, 0.4) is 0 Å². The second-order valence-electron chi connectivity index (χ2n) is 12.9. The van der Waals surface area contributed by atoms with Crippen LogP contribution in [0, 0.1) is 10.8 Å². The van der Waals surface area contributed by atoms with Crippen molar-refractivity contribution in [1.82, 2.24) is 20.5 Å². The van der Waals surface area contributed by atoms with Gasteiger partial charge in [0.2, 0.25) is 0 Å². The van der Waals surface area contributed by atoms with Gasteiger partial charge in [-0.15, -0.1) is 0 Å². The number of rotatable bonds is 8. The van der Waals surface area contributed by atoms with E-state index in [9.17, 15) is 19.8 Å². The van der Waals surface area contributed by atoms with Crippen molar-refractivity contribution in [2.45, 2.75) is 63.5 Å². The molecule has 6 rings (SSSR count). The minimum Gasteiger partial charge on any atom is -0.481 e. The van der Waals surface area contributed by atoms with E-state index in [1.807, 2.05) is 26.0 Å². The Hall–Kier alpha value is -4.08. The van der Waals surface area contributed by atoms with Crippen LogP contribution in [0.2, 0.25) is 0 Å². The Balaban J connectivity index is 1.35. The van der Waals surface area contributed by atoms with Crippen molar-refractivity contribution in [3.63, 3.8) is 0 Å². The van der Waals surface area contributed by atoms with Gasteiger partial charge in [0.15, 0.2) is 0 Å². The van der Waals surface area contributed by atoms with Gasteiger partial charge >= 0.3 is 11.9 Å². The van der Waals surface area contributed by atoms with Crippen LogP contribution in [0.15, 0.2) is 83.5 Å². The first kappa shape index (κ1) is 30.0. The minimum absolute atomic E-state index is 0.126. The third-order valence-electron chi connectivity index (χ3n) is 11.0. The van der Waals surface area contributed by atoms with Crippen molar-refractivity contribution in [3.05, 3.63) is 95.6 Å². The van der Waals surface area contributed by atoms with E-state index >= 15 is 0 Å². The van der Waals surface area contributed by atoms with Crippen molar-refractivity contribution in [2.24, 2.45) is 10.8 Å². The second-order valence-corrected chi connectivity index (χ2v) is 12.9. The third-order valence-corrected chi connectivity index (χ3v) is 11.0. The van der Waals surface area contributed by atoms with Gasteiger partial charge in [0.1, 0.15) is 11.0 Å². The maximum atomic E-state index is 13.6. The Morgan fingerprint density at radius 2 is 1.48 bits per heavy atom. The number of carbonyl (C=O) groups is 2. The molecule has 0 radical (unpaired) electrons. The molecule has 4 aromatic rings. The average molecular weight is 597 g/mol. The van der Waals surface area contributed by atoms with Gasteiger partial charge in [-0.2, -0.15) is 0 Å². The van der Waals surface area contributed by atoms with Crippen molar-refractivity contribution < 1.29 is 24.4 Å². The van der Waals surface area contributed by atoms with E-state index in [-0.39, 0.29) is 11.8 Å². The lowest BCUT2D eigenvalue weighted by Gasteiger charge is -2.56. The van der Waals surface area contributed by atoms with Gasteiger partial charge in [0, 0.05) is 23.4 Å². The lowest BCUT2D eigenvalue weighted by molar-refractivity contribution is -0.171. The second kappa shape index (κ2) is 11.4. The minimum atomic E-state index is -1.45. The van der Waals surface area contributed by atoms with E-state index in [0.717, 1.165) is 25.9 Å². The number of aliphatic carboxylic acids is 2. The molecule has 3 N–H and O–H groups in total. The van der Waals surface area contributed by atoms with E-state index in [4.69, 9.17) is 4.63 Å². The molecule has 230 valence electrons. The van der Waals surface area contributed by atoms with Crippen LogP contribution in [0.1, 0.15) is 62.6 Å². The Morgan fingerprint density at radius 3 is 2.05 bits per heavy atom. The van der Waals surface area contributed by atoms with E-state index in [1.165, 1.54) is 11.1 Å². The lowest BCUT2D eigenvalue weighted by Crippen LogP contribution is -2.69. The van der Waals surface area contributed by atoms with Crippen LogP contribution in [-0.4, -0.2) is 69.1 Å². The van der Waals surface area contributed by atoms with E-state index in [1.54, 1.807) is 25.1 Å². The topological polar surface area (TPSA) is 129 Å². The Kier molecular flexibility index (Phi) is 7.80. The molecule has 3 heterocycles. The summed E-state index contributed by atoms with van der Waals surface area (Å²) in [4.78, 5) is 29.0. The monoisotopic (exact) mass is 596 g/mol. The first-order valence-corrected chi connectivity index (χ1v) is 15.4.